The summed E-state index contributed by atoms with van der Waals surface area (Å²) < 4.78 is 15.5. The van der Waals surface area contributed by atoms with Crippen LogP contribution in [0.25, 0.3) is 5.69 Å². The van der Waals surface area contributed by atoms with Crippen LogP contribution in [-0.2, 0) is 12.8 Å². The van der Waals surface area contributed by atoms with Crippen molar-refractivity contribution in [1.82, 2.24) is 15.1 Å². The van der Waals surface area contributed by atoms with E-state index in [2.05, 4.69) is 10.4 Å². The van der Waals surface area contributed by atoms with E-state index < -0.39 is 0 Å². The summed E-state index contributed by atoms with van der Waals surface area (Å²) >= 11 is 0. The summed E-state index contributed by atoms with van der Waals surface area (Å²) in [7, 11) is 0. The van der Waals surface area contributed by atoms with E-state index in [9.17, 15) is 9.18 Å². The molecule has 1 heterocycles. The van der Waals surface area contributed by atoms with Crippen LogP contribution in [-0.4, -0.2) is 28.8 Å². The normalized spacial score (nSPS) is 12.6. The minimum atomic E-state index is -0.344. The Morgan fingerprint density at radius 3 is 2.86 bits per heavy atom. The number of benzene rings is 1. The summed E-state index contributed by atoms with van der Waals surface area (Å²) in [6, 6.07) is 6.46. The molecule has 2 aromatic rings. The number of para-hydroxylation sites is 1. The Labute approximate surface area is 134 Å². The number of hydrogen-bond acceptors (Lipinski definition) is 3. The van der Waals surface area contributed by atoms with E-state index in [1.165, 1.54) is 6.07 Å². The molecule has 0 aliphatic heterocycles. The second kappa shape index (κ2) is 6.89. The molecule has 0 radical (unpaired) electrons. The molecule has 0 atom stereocenters. The minimum absolute atomic E-state index is 0. The Hall–Kier alpha value is -1.92. The first-order valence-corrected chi connectivity index (χ1v) is 7.06. The predicted molar refractivity (Wildman–Crippen MR) is 84.2 cm³/mol. The van der Waals surface area contributed by atoms with Gasteiger partial charge in [0.05, 0.1) is 0 Å². The lowest BCUT2D eigenvalue weighted by Gasteiger charge is -2.06. The summed E-state index contributed by atoms with van der Waals surface area (Å²) in [6.07, 6.45) is 2.56. The lowest BCUT2D eigenvalue weighted by molar-refractivity contribution is 0.0948. The molecule has 1 amide bonds. The van der Waals surface area contributed by atoms with Crippen molar-refractivity contribution in [3.63, 3.8) is 0 Å². The van der Waals surface area contributed by atoms with Crippen molar-refractivity contribution in [2.75, 3.05) is 13.1 Å². The van der Waals surface area contributed by atoms with Crippen LogP contribution in [0, 0.1) is 5.82 Å². The fourth-order valence-electron chi connectivity index (χ4n) is 2.71. The number of fused-ring (bicyclic) bond motifs is 1. The molecule has 0 saturated carbocycles. The van der Waals surface area contributed by atoms with Gasteiger partial charge in [0.25, 0.3) is 5.91 Å². The highest BCUT2D eigenvalue weighted by molar-refractivity contribution is 5.94. The molecule has 1 aliphatic carbocycles. The number of amides is 1. The number of carbonyl (C=O) groups is 1. The highest BCUT2D eigenvalue weighted by Gasteiger charge is 2.27. The first-order chi connectivity index (χ1) is 10.2. The minimum Gasteiger partial charge on any atom is -0.349 e. The third-order valence-corrected chi connectivity index (χ3v) is 3.66. The zero-order valence-corrected chi connectivity index (χ0v) is 12.8. The highest BCUT2D eigenvalue weighted by atomic mass is 35.5. The van der Waals surface area contributed by atoms with Crippen molar-refractivity contribution >= 4 is 18.3 Å². The van der Waals surface area contributed by atoms with Gasteiger partial charge in [-0.25, -0.2) is 9.07 Å². The van der Waals surface area contributed by atoms with Gasteiger partial charge in [-0.15, -0.1) is 12.4 Å². The van der Waals surface area contributed by atoms with Crippen LogP contribution in [0.1, 0.15) is 28.2 Å². The Morgan fingerprint density at radius 2 is 2.14 bits per heavy atom. The maximum Gasteiger partial charge on any atom is 0.272 e. The van der Waals surface area contributed by atoms with Gasteiger partial charge in [-0.2, -0.15) is 5.10 Å². The van der Waals surface area contributed by atoms with Crippen LogP contribution in [0.5, 0.6) is 0 Å². The molecule has 0 bridgehead atoms. The van der Waals surface area contributed by atoms with Gasteiger partial charge in [0.1, 0.15) is 11.5 Å². The average molecular weight is 325 g/mol. The van der Waals surface area contributed by atoms with Crippen LogP contribution in [0.2, 0.25) is 0 Å². The smallest absolute Gasteiger partial charge is 0.272 e. The number of rotatable bonds is 4. The number of carbonyl (C=O) groups excluding carboxylic acids is 1. The van der Waals surface area contributed by atoms with Crippen LogP contribution in [0.4, 0.5) is 4.39 Å². The van der Waals surface area contributed by atoms with Crippen LogP contribution in [0.3, 0.4) is 0 Å². The molecule has 1 aromatic heterocycles. The maximum atomic E-state index is 14.0. The summed E-state index contributed by atoms with van der Waals surface area (Å²) in [5, 5.41) is 7.06. The quantitative estimate of drug-likeness (QED) is 0.897. The van der Waals surface area contributed by atoms with E-state index in [4.69, 9.17) is 5.73 Å². The van der Waals surface area contributed by atoms with Gasteiger partial charge in [-0.1, -0.05) is 12.1 Å². The van der Waals surface area contributed by atoms with Crippen molar-refractivity contribution in [2.24, 2.45) is 5.73 Å². The Bertz CT molecular complexity index is 686. The van der Waals surface area contributed by atoms with Gasteiger partial charge in [0, 0.05) is 24.3 Å². The predicted octanol–water partition coefficient (Wildman–Crippen LogP) is 1.61. The van der Waals surface area contributed by atoms with Crippen molar-refractivity contribution in [3.05, 3.63) is 47.0 Å². The fourth-order valence-corrected chi connectivity index (χ4v) is 2.71. The Balaban J connectivity index is 0.00000176. The van der Waals surface area contributed by atoms with E-state index in [-0.39, 0.29) is 24.1 Å². The third kappa shape index (κ3) is 2.84. The molecule has 0 unspecified atom stereocenters. The largest absolute Gasteiger partial charge is 0.349 e. The zero-order valence-electron chi connectivity index (χ0n) is 12.0. The van der Waals surface area contributed by atoms with Crippen LogP contribution < -0.4 is 11.1 Å². The molecule has 1 aliphatic rings. The van der Waals surface area contributed by atoms with Crippen molar-refractivity contribution in [2.45, 2.75) is 19.3 Å². The van der Waals surface area contributed by atoms with Gasteiger partial charge in [-0.3, -0.25) is 4.79 Å². The average Bonchev–Trinajstić information content (AvgIpc) is 3.07. The van der Waals surface area contributed by atoms with Gasteiger partial charge in [-0.05, 0) is 31.4 Å². The molecule has 118 valence electrons. The Morgan fingerprint density at radius 1 is 1.36 bits per heavy atom. The van der Waals surface area contributed by atoms with Gasteiger partial charge < -0.3 is 11.1 Å². The summed E-state index contributed by atoms with van der Waals surface area (Å²) in [6.45, 7) is 0.780. The number of nitrogens with two attached hydrogens (primary N) is 1. The van der Waals surface area contributed by atoms with E-state index in [0.717, 1.165) is 30.5 Å². The topological polar surface area (TPSA) is 72.9 Å². The molecule has 0 spiro atoms. The monoisotopic (exact) mass is 324 g/mol. The standard InChI is InChI=1S/C15H17FN4O.ClH/c16-11-5-1-2-6-13(11)20-12-7-3-4-10(12)14(19-20)15(21)18-9-8-17;/h1-2,5-6H,3-4,7-9,17H2,(H,18,21);1H. The van der Waals surface area contributed by atoms with E-state index in [1.807, 2.05) is 0 Å². The molecule has 3 N–H and O–H groups in total. The van der Waals surface area contributed by atoms with Gasteiger partial charge >= 0.3 is 0 Å². The fraction of sp³-hybridized carbons (Fsp3) is 0.333. The second-order valence-electron chi connectivity index (χ2n) is 5.04. The lowest BCUT2D eigenvalue weighted by atomic mass is 10.2. The third-order valence-electron chi connectivity index (χ3n) is 3.66. The lowest BCUT2D eigenvalue weighted by Crippen LogP contribution is -2.30. The molecule has 0 fully saturated rings. The highest BCUT2D eigenvalue weighted by Crippen LogP contribution is 2.28. The first kappa shape index (κ1) is 16.5. The molecule has 5 nitrogen and oxygen atoms in total. The summed E-state index contributed by atoms with van der Waals surface area (Å²) in [5.41, 5.74) is 8.02. The van der Waals surface area contributed by atoms with E-state index in [1.54, 1.807) is 22.9 Å². The molecule has 22 heavy (non-hydrogen) atoms. The SMILES string of the molecule is Cl.NCCNC(=O)c1nn(-c2ccccc2F)c2c1CCC2. The molecular weight excluding hydrogens is 307 g/mol. The number of nitrogens with zero attached hydrogens (tertiary/aromatic N) is 2. The number of halogens is 2. The first-order valence-electron chi connectivity index (χ1n) is 7.06. The maximum absolute atomic E-state index is 14.0. The molecule has 7 heteroatoms. The summed E-state index contributed by atoms with van der Waals surface area (Å²) in [5.74, 6) is -0.586. The Kier molecular flexibility index (Phi) is 5.15. The molecule has 0 saturated heterocycles. The van der Waals surface area contributed by atoms with Crippen LogP contribution >= 0.6 is 12.4 Å². The van der Waals surface area contributed by atoms with Crippen molar-refractivity contribution in [3.8, 4) is 5.69 Å². The number of aromatic nitrogens is 2. The van der Waals surface area contributed by atoms with E-state index in [0.29, 0.717) is 24.5 Å². The van der Waals surface area contributed by atoms with Gasteiger partial charge in [0.15, 0.2) is 5.69 Å². The molecule has 1 aromatic carbocycles. The number of nitrogens with one attached hydrogen (secondary N) is 1. The second-order valence-corrected chi connectivity index (χ2v) is 5.04. The van der Waals surface area contributed by atoms with Crippen LogP contribution in [0.15, 0.2) is 24.3 Å². The zero-order chi connectivity index (χ0) is 14.8. The van der Waals surface area contributed by atoms with Crippen molar-refractivity contribution < 1.29 is 9.18 Å². The number of hydrogen-bond donors (Lipinski definition) is 2. The van der Waals surface area contributed by atoms with Crippen molar-refractivity contribution in [1.29, 1.82) is 0 Å². The molecular formula is C15H18ClFN4O. The van der Waals surface area contributed by atoms with E-state index >= 15 is 0 Å². The van der Waals surface area contributed by atoms with Gasteiger partial charge in [0.2, 0.25) is 0 Å². The molecule has 3 rings (SSSR count). The summed E-state index contributed by atoms with van der Waals surface area (Å²) in [4.78, 5) is 12.2.